The minimum atomic E-state index is -3.85. The molecule has 25 heavy (non-hydrogen) atoms. The highest BCUT2D eigenvalue weighted by Gasteiger charge is 2.19. The van der Waals surface area contributed by atoms with Crippen molar-refractivity contribution < 1.29 is 8.42 Å². The minimum Gasteiger partial charge on any atom is -0.223 e. The summed E-state index contributed by atoms with van der Waals surface area (Å²) in [5.41, 5.74) is 3.33. The van der Waals surface area contributed by atoms with Gasteiger partial charge in [-0.25, -0.2) is 23.1 Å². The number of aromatic nitrogens is 3. The van der Waals surface area contributed by atoms with E-state index in [2.05, 4.69) is 10.1 Å². The second-order valence-electron chi connectivity index (χ2n) is 5.29. The first kappa shape index (κ1) is 16.2. The maximum absolute atomic E-state index is 11.4. The number of primary sulfonamides is 1. The summed E-state index contributed by atoms with van der Waals surface area (Å²) in [6, 6.07) is 15.5. The van der Waals surface area contributed by atoms with Crippen molar-refractivity contribution in [2.24, 2.45) is 5.14 Å². The van der Waals surface area contributed by atoms with Crippen molar-refractivity contribution in [3.63, 3.8) is 0 Å². The number of nitrogens with two attached hydrogens (primary N) is 1. The van der Waals surface area contributed by atoms with Crippen LogP contribution in [0.5, 0.6) is 0 Å². The van der Waals surface area contributed by atoms with Crippen molar-refractivity contribution in [3.8, 4) is 22.4 Å². The third kappa shape index (κ3) is 2.93. The molecule has 9 heteroatoms. The van der Waals surface area contributed by atoms with E-state index in [0.717, 1.165) is 28.0 Å². The Morgan fingerprint density at radius 1 is 1.08 bits per heavy atom. The average Bonchev–Trinajstić information content (AvgIpc) is 3.14. The summed E-state index contributed by atoms with van der Waals surface area (Å²) in [5, 5.41) is 9.64. The zero-order valence-corrected chi connectivity index (χ0v) is 15.0. The molecule has 2 N–H and O–H groups in total. The molecule has 0 aliphatic carbocycles. The lowest BCUT2D eigenvalue weighted by Crippen LogP contribution is -2.12. The number of rotatable bonds is 3. The highest BCUT2D eigenvalue weighted by Crippen LogP contribution is 2.37. The molecule has 0 unspecified atom stereocenters. The van der Waals surface area contributed by atoms with Gasteiger partial charge in [0.1, 0.15) is 0 Å². The van der Waals surface area contributed by atoms with E-state index in [1.807, 2.05) is 42.5 Å². The van der Waals surface area contributed by atoms with Gasteiger partial charge in [0, 0.05) is 5.56 Å². The quantitative estimate of drug-likeness (QED) is 0.580. The van der Waals surface area contributed by atoms with Crippen LogP contribution in [0.1, 0.15) is 0 Å². The van der Waals surface area contributed by atoms with Crippen molar-refractivity contribution in [1.29, 1.82) is 0 Å². The molecule has 4 aromatic rings. The number of halogens is 1. The third-order valence-electron chi connectivity index (χ3n) is 3.62. The molecule has 2 aromatic carbocycles. The van der Waals surface area contributed by atoms with Gasteiger partial charge in [-0.3, -0.25) is 0 Å². The Bertz CT molecular complexity index is 1150. The number of sulfonamides is 1. The van der Waals surface area contributed by atoms with Gasteiger partial charge in [-0.1, -0.05) is 65.4 Å². The summed E-state index contributed by atoms with van der Waals surface area (Å²) in [6.45, 7) is 0. The first-order valence-electron chi connectivity index (χ1n) is 7.17. The van der Waals surface area contributed by atoms with Crippen molar-refractivity contribution >= 4 is 37.9 Å². The summed E-state index contributed by atoms with van der Waals surface area (Å²) < 4.78 is 24.0. The number of nitrogens with zero attached hydrogens (tertiary/aromatic N) is 3. The predicted molar refractivity (Wildman–Crippen MR) is 98.1 cm³/mol. The van der Waals surface area contributed by atoms with Crippen LogP contribution in [0.15, 0.2) is 59.1 Å². The van der Waals surface area contributed by atoms with E-state index in [9.17, 15) is 8.42 Å². The van der Waals surface area contributed by atoms with Gasteiger partial charge in [-0.2, -0.15) is 0 Å². The predicted octanol–water partition coefficient (Wildman–Crippen LogP) is 3.43. The molecule has 0 aliphatic heterocycles. The molecule has 0 saturated carbocycles. The molecule has 6 nitrogen and oxygen atoms in total. The number of imidazole rings is 1. The van der Waals surface area contributed by atoms with Gasteiger partial charge in [-0.15, -0.1) is 5.10 Å². The molecule has 0 amide bonds. The second kappa shape index (κ2) is 5.92. The largest absolute Gasteiger partial charge is 0.267 e. The topological polar surface area (TPSA) is 90.4 Å². The Morgan fingerprint density at radius 2 is 1.84 bits per heavy atom. The molecule has 0 bridgehead atoms. The Kier molecular flexibility index (Phi) is 3.84. The number of hydrogen-bond acceptors (Lipinski definition) is 5. The van der Waals surface area contributed by atoms with Crippen LogP contribution in [0.25, 0.3) is 27.3 Å². The van der Waals surface area contributed by atoms with E-state index < -0.39 is 10.0 Å². The standard InChI is InChI=1S/C16H11ClN4O2S2/c17-12-8-4-7-11(10-5-2-1-3-6-10)14(12)13-9-21-15(19-13)24-16(20-21)25(18,22)23/h1-9H,(H2,18,22,23). The molecule has 0 aliphatic rings. The lowest BCUT2D eigenvalue weighted by atomic mass is 9.98. The molecule has 4 rings (SSSR count). The summed E-state index contributed by atoms with van der Waals surface area (Å²) in [6.07, 6.45) is 1.65. The molecule has 2 aromatic heterocycles. The number of fused-ring (bicyclic) bond motifs is 1. The Labute approximate surface area is 152 Å². The van der Waals surface area contributed by atoms with E-state index in [4.69, 9.17) is 16.7 Å². The Hall–Kier alpha value is -2.26. The van der Waals surface area contributed by atoms with Gasteiger partial charge >= 0.3 is 0 Å². The van der Waals surface area contributed by atoms with Crippen LogP contribution in [0.3, 0.4) is 0 Å². The second-order valence-corrected chi connectivity index (χ2v) is 8.39. The van der Waals surface area contributed by atoms with E-state index in [1.165, 1.54) is 4.52 Å². The summed E-state index contributed by atoms with van der Waals surface area (Å²) in [7, 11) is -3.85. The van der Waals surface area contributed by atoms with Crippen LogP contribution in [0.2, 0.25) is 5.02 Å². The maximum atomic E-state index is 11.4. The molecule has 0 spiro atoms. The monoisotopic (exact) mass is 390 g/mol. The molecule has 0 radical (unpaired) electrons. The van der Waals surface area contributed by atoms with Crippen LogP contribution in [0, 0.1) is 0 Å². The van der Waals surface area contributed by atoms with Gasteiger partial charge < -0.3 is 0 Å². The van der Waals surface area contributed by atoms with E-state index >= 15 is 0 Å². The minimum absolute atomic E-state index is 0.177. The van der Waals surface area contributed by atoms with Crippen LogP contribution in [-0.4, -0.2) is 23.0 Å². The van der Waals surface area contributed by atoms with Gasteiger partial charge in [0.05, 0.1) is 16.9 Å². The van der Waals surface area contributed by atoms with Gasteiger partial charge in [0.15, 0.2) is 0 Å². The fourth-order valence-electron chi connectivity index (χ4n) is 2.56. The summed E-state index contributed by atoms with van der Waals surface area (Å²) in [5.74, 6) is 0. The lowest BCUT2D eigenvalue weighted by Gasteiger charge is -2.09. The van der Waals surface area contributed by atoms with Crippen molar-refractivity contribution in [2.75, 3.05) is 0 Å². The van der Waals surface area contributed by atoms with E-state index in [0.29, 0.717) is 15.7 Å². The fraction of sp³-hybridized carbons (Fsp3) is 0. The molecular formula is C16H11ClN4O2S2. The first-order valence-corrected chi connectivity index (χ1v) is 9.91. The summed E-state index contributed by atoms with van der Waals surface area (Å²) in [4.78, 5) is 4.91. The first-order chi connectivity index (χ1) is 11.9. The molecule has 0 saturated heterocycles. The summed E-state index contributed by atoms with van der Waals surface area (Å²) >= 11 is 7.34. The zero-order valence-electron chi connectivity index (χ0n) is 12.6. The number of hydrogen-bond donors (Lipinski definition) is 1. The normalized spacial score (nSPS) is 11.9. The molecule has 0 fully saturated rings. The van der Waals surface area contributed by atoms with Gasteiger partial charge in [0.25, 0.3) is 10.0 Å². The van der Waals surface area contributed by atoms with Crippen molar-refractivity contribution in [3.05, 3.63) is 59.8 Å². The van der Waals surface area contributed by atoms with Crippen molar-refractivity contribution in [1.82, 2.24) is 14.6 Å². The smallest absolute Gasteiger partial charge is 0.223 e. The van der Waals surface area contributed by atoms with Crippen molar-refractivity contribution in [2.45, 2.75) is 4.34 Å². The maximum Gasteiger partial charge on any atom is 0.267 e. The molecule has 2 heterocycles. The van der Waals surface area contributed by atoms with Crippen LogP contribution in [0.4, 0.5) is 0 Å². The highest BCUT2D eigenvalue weighted by atomic mass is 35.5. The molecular weight excluding hydrogens is 380 g/mol. The average molecular weight is 391 g/mol. The third-order valence-corrected chi connectivity index (χ3v) is 6.17. The van der Waals surface area contributed by atoms with Gasteiger partial charge in [-0.05, 0) is 17.2 Å². The van der Waals surface area contributed by atoms with Crippen LogP contribution >= 0.6 is 22.9 Å². The Morgan fingerprint density at radius 3 is 2.52 bits per heavy atom. The zero-order chi connectivity index (χ0) is 17.6. The van der Waals surface area contributed by atoms with Crippen LogP contribution in [-0.2, 0) is 10.0 Å². The van der Waals surface area contributed by atoms with E-state index in [1.54, 1.807) is 12.3 Å². The van der Waals surface area contributed by atoms with Crippen LogP contribution < -0.4 is 5.14 Å². The van der Waals surface area contributed by atoms with Gasteiger partial charge in [0.2, 0.25) is 9.30 Å². The number of benzene rings is 2. The molecule has 126 valence electrons. The Balaban J connectivity index is 1.90. The highest BCUT2D eigenvalue weighted by molar-refractivity contribution is 7.91. The lowest BCUT2D eigenvalue weighted by molar-refractivity contribution is 0.595. The molecule has 0 atom stereocenters. The SMILES string of the molecule is NS(=O)(=O)c1nn2cc(-c3c(Cl)cccc3-c3ccccc3)nc2s1. The van der Waals surface area contributed by atoms with E-state index in [-0.39, 0.29) is 4.34 Å². The fourth-order valence-corrected chi connectivity index (χ4v) is 4.34.